The maximum Gasteiger partial charge on any atom is 1.00 e. The van der Waals surface area contributed by atoms with Crippen molar-refractivity contribution < 1.29 is 116 Å². The van der Waals surface area contributed by atoms with Gasteiger partial charge in [-0.25, -0.2) is 0 Å². The standard InChI is InChI=1S/C15H16O2.2K.2H/c1-15(2,11-3-7-13(16)8-4-11)12-5-9-14(17)10-6-12;;;;/h3-10,16-17H,1-2H3;;;;/q;2*+1;2*-1. The molecule has 92 valence electrons. The average Bonchev–Trinajstić information content (AvgIpc) is 2.30. The van der Waals surface area contributed by atoms with Crippen molar-refractivity contribution in [1.82, 2.24) is 0 Å². The topological polar surface area (TPSA) is 40.5 Å². The molecule has 4 heteroatoms. The zero-order valence-electron chi connectivity index (χ0n) is 14.0. The average molecular weight is 309 g/mol. The molecule has 0 saturated carbocycles. The maximum atomic E-state index is 9.30. The second-order valence-corrected chi connectivity index (χ2v) is 4.72. The third-order valence-electron chi connectivity index (χ3n) is 3.18. The van der Waals surface area contributed by atoms with E-state index < -0.39 is 0 Å². The van der Waals surface area contributed by atoms with Crippen molar-refractivity contribution in [2.45, 2.75) is 19.3 Å². The first kappa shape index (κ1) is 20.3. The second-order valence-electron chi connectivity index (χ2n) is 4.72. The van der Waals surface area contributed by atoms with Crippen LogP contribution < -0.4 is 103 Å². The third kappa shape index (κ3) is 5.22. The van der Waals surface area contributed by atoms with Gasteiger partial charge in [0.15, 0.2) is 0 Å². The fourth-order valence-electron chi connectivity index (χ4n) is 1.92. The molecule has 0 aliphatic heterocycles. The summed E-state index contributed by atoms with van der Waals surface area (Å²) in [5, 5.41) is 18.6. The Morgan fingerprint density at radius 3 is 1.21 bits per heavy atom. The normalized spacial score (nSPS) is 10.2. The molecule has 0 heterocycles. The van der Waals surface area contributed by atoms with Gasteiger partial charge in [0.2, 0.25) is 0 Å². The summed E-state index contributed by atoms with van der Waals surface area (Å²) in [7, 11) is 0. The molecule has 0 aliphatic rings. The molecule has 0 bridgehead atoms. The van der Waals surface area contributed by atoms with Gasteiger partial charge in [-0.2, -0.15) is 0 Å². The molecule has 2 N–H and O–H groups in total. The Kier molecular flexibility index (Phi) is 9.28. The van der Waals surface area contributed by atoms with Crippen molar-refractivity contribution in [3.8, 4) is 11.5 Å². The van der Waals surface area contributed by atoms with E-state index >= 15 is 0 Å². The van der Waals surface area contributed by atoms with Gasteiger partial charge in [0, 0.05) is 5.41 Å². The summed E-state index contributed by atoms with van der Waals surface area (Å²) in [5.41, 5.74) is 2.10. The zero-order valence-corrected chi connectivity index (χ0v) is 18.3. The van der Waals surface area contributed by atoms with Crippen LogP contribution in [0.1, 0.15) is 27.8 Å². The van der Waals surface area contributed by atoms with E-state index in [1.165, 1.54) is 0 Å². The summed E-state index contributed by atoms with van der Waals surface area (Å²) in [6, 6.07) is 14.4. The van der Waals surface area contributed by atoms with Crippen LogP contribution in [0.4, 0.5) is 0 Å². The second kappa shape index (κ2) is 8.68. The molecule has 0 saturated heterocycles. The maximum absolute atomic E-state index is 9.30. The van der Waals surface area contributed by atoms with Crippen molar-refractivity contribution in [3.63, 3.8) is 0 Å². The van der Waals surface area contributed by atoms with Crippen LogP contribution in [0, 0.1) is 0 Å². The number of phenolic OH excluding ortho intramolecular Hbond substituents is 2. The van der Waals surface area contributed by atoms with Gasteiger partial charge < -0.3 is 13.1 Å². The quantitative estimate of drug-likeness (QED) is 0.611. The molecule has 0 aliphatic carbocycles. The summed E-state index contributed by atoms with van der Waals surface area (Å²) in [5.74, 6) is 0.547. The van der Waals surface area contributed by atoms with E-state index in [0.29, 0.717) is 0 Å². The molecule has 2 nitrogen and oxygen atoms in total. The Morgan fingerprint density at radius 2 is 0.947 bits per heavy atom. The van der Waals surface area contributed by atoms with E-state index in [2.05, 4.69) is 13.8 Å². The molecule has 0 unspecified atom stereocenters. The molecule has 0 spiro atoms. The summed E-state index contributed by atoms with van der Waals surface area (Å²) in [6.45, 7) is 4.23. The van der Waals surface area contributed by atoms with Gasteiger partial charge in [0.25, 0.3) is 0 Å². The molecule has 2 aromatic carbocycles. The molecule has 0 radical (unpaired) electrons. The molecule has 0 aromatic heterocycles. The predicted octanol–water partition coefficient (Wildman–Crippen LogP) is -2.34. The van der Waals surface area contributed by atoms with Gasteiger partial charge >= 0.3 is 103 Å². The van der Waals surface area contributed by atoms with E-state index in [4.69, 9.17) is 0 Å². The Labute approximate surface area is 202 Å². The summed E-state index contributed by atoms with van der Waals surface area (Å²) in [4.78, 5) is 0. The Bertz CT molecular complexity index is 467. The van der Waals surface area contributed by atoms with Crippen LogP contribution in [-0.4, -0.2) is 10.2 Å². The fraction of sp³-hybridized carbons (Fsp3) is 0.200. The van der Waals surface area contributed by atoms with Crippen LogP contribution in [-0.2, 0) is 5.41 Å². The number of benzene rings is 2. The molecular formula is C15H18K2O2. The first-order chi connectivity index (χ1) is 8.00. The number of hydrogen-bond acceptors (Lipinski definition) is 2. The third-order valence-corrected chi connectivity index (χ3v) is 3.18. The summed E-state index contributed by atoms with van der Waals surface area (Å²) >= 11 is 0. The van der Waals surface area contributed by atoms with E-state index in [1.54, 1.807) is 24.3 Å². The van der Waals surface area contributed by atoms with Gasteiger partial charge in [-0.05, 0) is 35.4 Å². The number of phenols is 2. The summed E-state index contributed by atoms with van der Waals surface area (Å²) < 4.78 is 0. The molecule has 2 aromatic rings. The minimum atomic E-state index is -0.151. The molecule has 0 amide bonds. The van der Waals surface area contributed by atoms with Crippen LogP contribution in [0.25, 0.3) is 0 Å². The van der Waals surface area contributed by atoms with E-state index in [9.17, 15) is 10.2 Å². The molecular weight excluding hydrogens is 290 g/mol. The Hall–Kier alpha value is 1.31. The van der Waals surface area contributed by atoms with Gasteiger partial charge in [-0.3, -0.25) is 0 Å². The number of aromatic hydroxyl groups is 2. The van der Waals surface area contributed by atoms with Crippen LogP contribution in [0.5, 0.6) is 11.5 Å². The fourth-order valence-corrected chi connectivity index (χ4v) is 1.92. The van der Waals surface area contributed by atoms with Gasteiger partial charge in [0.1, 0.15) is 11.5 Å². The van der Waals surface area contributed by atoms with Gasteiger partial charge in [0.05, 0.1) is 0 Å². The Balaban J connectivity index is -0.000000810. The molecule has 2 rings (SSSR count). The van der Waals surface area contributed by atoms with Crippen LogP contribution in [0.3, 0.4) is 0 Å². The van der Waals surface area contributed by atoms with E-state index in [0.717, 1.165) is 11.1 Å². The first-order valence-electron chi connectivity index (χ1n) is 5.59. The smallest absolute Gasteiger partial charge is 1.00 e. The van der Waals surface area contributed by atoms with Crippen LogP contribution in [0.2, 0.25) is 0 Å². The van der Waals surface area contributed by atoms with Crippen molar-refractivity contribution in [3.05, 3.63) is 59.7 Å². The summed E-state index contributed by atoms with van der Waals surface area (Å²) in [6.07, 6.45) is 0. The zero-order chi connectivity index (χ0) is 12.5. The monoisotopic (exact) mass is 308 g/mol. The molecule has 0 fully saturated rings. The van der Waals surface area contributed by atoms with E-state index in [-0.39, 0.29) is 123 Å². The largest absolute Gasteiger partial charge is 1.00 e. The van der Waals surface area contributed by atoms with Crippen molar-refractivity contribution in [2.24, 2.45) is 0 Å². The molecule has 19 heavy (non-hydrogen) atoms. The predicted molar refractivity (Wildman–Crippen MR) is 70.6 cm³/mol. The van der Waals surface area contributed by atoms with Crippen molar-refractivity contribution in [2.75, 3.05) is 0 Å². The van der Waals surface area contributed by atoms with Crippen molar-refractivity contribution >= 4 is 0 Å². The minimum absolute atomic E-state index is 0. The van der Waals surface area contributed by atoms with Gasteiger partial charge in [-0.15, -0.1) is 0 Å². The van der Waals surface area contributed by atoms with Gasteiger partial charge in [-0.1, -0.05) is 38.1 Å². The number of rotatable bonds is 2. The first-order valence-corrected chi connectivity index (χ1v) is 5.59. The molecule has 0 atom stereocenters. The Morgan fingerprint density at radius 1 is 0.684 bits per heavy atom. The van der Waals surface area contributed by atoms with E-state index in [1.807, 2.05) is 24.3 Å². The van der Waals surface area contributed by atoms with Crippen LogP contribution in [0.15, 0.2) is 48.5 Å². The van der Waals surface area contributed by atoms with Crippen LogP contribution >= 0.6 is 0 Å². The SMILES string of the molecule is CC(C)(c1ccc(O)cc1)c1ccc(O)cc1.[H-].[H-].[K+].[K+]. The number of hydrogen-bond donors (Lipinski definition) is 2. The minimum Gasteiger partial charge on any atom is -1.00 e. The van der Waals surface area contributed by atoms with Crippen molar-refractivity contribution in [1.29, 1.82) is 0 Å².